The highest BCUT2D eigenvalue weighted by Crippen LogP contribution is 2.19. The average Bonchev–Trinajstić information content (AvgIpc) is 3.05. The van der Waals surface area contributed by atoms with Crippen LogP contribution in [-0.4, -0.2) is 20.0 Å². The second-order valence-corrected chi connectivity index (χ2v) is 5.55. The van der Waals surface area contributed by atoms with Crippen molar-refractivity contribution < 1.29 is 0 Å². The summed E-state index contributed by atoms with van der Waals surface area (Å²) in [6.07, 6.45) is 0. The van der Waals surface area contributed by atoms with Gasteiger partial charge < -0.3 is 4.57 Å². The maximum absolute atomic E-state index is 4.71. The van der Waals surface area contributed by atoms with E-state index in [2.05, 4.69) is 32.1 Å². The Morgan fingerprint density at radius 2 is 2.10 bits per heavy atom. The number of para-hydroxylation sites is 1. The highest BCUT2D eigenvalue weighted by Gasteiger charge is 2.02. The molecule has 0 saturated carbocycles. The van der Waals surface area contributed by atoms with Crippen LogP contribution in [0.2, 0.25) is 0 Å². The zero-order valence-electron chi connectivity index (χ0n) is 10.7. The van der Waals surface area contributed by atoms with Crippen molar-refractivity contribution in [2.24, 2.45) is 12.0 Å². The fraction of sp³-hybridized carbons (Fsp3) is 0.0714. The van der Waals surface area contributed by atoms with Crippen LogP contribution < -0.4 is 4.80 Å². The van der Waals surface area contributed by atoms with Gasteiger partial charge in [0.2, 0.25) is 0 Å². The second-order valence-electron chi connectivity index (χ2n) is 4.54. The molecular weight excluding hydrogens is 270 g/mol. The molecule has 5 nitrogen and oxygen atoms in total. The first kappa shape index (κ1) is 11.4. The first-order valence-corrected chi connectivity index (χ1v) is 7.03. The molecule has 0 amide bonds. The standard InChI is InChI=1S/C14H11N5S/c1-19-12-4-2-3-5-13(12)20-14(19)15-9-6-7-10-11(8-9)17-18-16-10/h2-8H,1H3,(H,16,17,18). The SMILES string of the molecule is Cn1c(=Nc2ccc3[nH]nnc3c2)sc2ccccc21. The van der Waals surface area contributed by atoms with Crippen LogP contribution >= 0.6 is 11.3 Å². The van der Waals surface area contributed by atoms with Crippen molar-refractivity contribution >= 4 is 38.3 Å². The highest BCUT2D eigenvalue weighted by molar-refractivity contribution is 7.16. The minimum atomic E-state index is 0.829. The van der Waals surface area contributed by atoms with Crippen LogP contribution in [0.1, 0.15) is 0 Å². The minimum Gasteiger partial charge on any atom is -0.320 e. The third-order valence-corrected chi connectivity index (χ3v) is 4.36. The third kappa shape index (κ3) is 1.73. The van der Waals surface area contributed by atoms with Gasteiger partial charge in [-0.05, 0) is 30.3 Å². The van der Waals surface area contributed by atoms with Crippen LogP contribution in [0.25, 0.3) is 21.3 Å². The zero-order chi connectivity index (χ0) is 13.5. The Kier molecular flexibility index (Phi) is 2.43. The summed E-state index contributed by atoms with van der Waals surface area (Å²) in [6.45, 7) is 0. The fourth-order valence-electron chi connectivity index (χ4n) is 2.20. The largest absolute Gasteiger partial charge is 0.320 e. The van der Waals surface area contributed by atoms with Gasteiger partial charge in [-0.2, -0.15) is 0 Å². The summed E-state index contributed by atoms with van der Waals surface area (Å²) in [5.74, 6) is 0. The van der Waals surface area contributed by atoms with Gasteiger partial charge in [0.05, 0.1) is 21.4 Å². The zero-order valence-corrected chi connectivity index (χ0v) is 11.6. The molecule has 1 N–H and O–H groups in total. The van der Waals surface area contributed by atoms with E-state index in [1.54, 1.807) is 11.3 Å². The second kappa shape index (κ2) is 4.28. The molecule has 6 heteroatoms. The number of rotatable bonds is 1. The maximum Gasteiger partial charge on any atom is 0.190 e. The molecule has 20 heavy (non-hydrogen) atoms. The Labute approximate surface area is 118 Å². The van der Waals surface area contributed by atoms with Gasteiger partial charge in [-0.1, -0.05) is 28.7 Å². The number of hydrogen-bond acceptors (Lipinski definition) is 4. The van der Waals surface area contributed by atoms with E-state index in [0.717, 1.165) is 21.5 Å². The molecule has 0 aliphatic carbocycles. The number of nitrogens with one attached hydrogen (secondary N) is 1. The van der Waals surface area contributed by atoms with Crippen LogP contribution in [0, 0.1) is 0 Å². The summed E-state index contributed by atoms with van der Waals surface area (Å²) >= 11 is 1.68. The van der Waals surface area contributed by atoms with E-state index >= 15 is 0 Å². The number of benzene rings is 2. The number of aromatic amines is 1. The van der Waals surface area contributed by atoms with Crippen molar-refractivity contribution in [3.8, 4) is 0 Å². The third-order valence-electron chi connectivity index (χ3n) is 3.25. The van der Waals surface area contributed by atoms with Gasteiger partial charge in [0.1, 0.15) is 5.52 Å². The number of aromatic nitrogens is 4. The van der Waals surface area contributed by atoms with Gasteiger partial charge in [-0.15, -0.1) is 5.10 Å². The van der Waals surface area contributed by atoms with Crippen LogP contribution in [0.15, 0.2) is 47.5 Å². The number of thiazole rings is 1. The van der Waals surface area contributed by atoms with E-state index < -0.39 is 0 Å². The average molecular weight is 281 g/mol. The summed E-state index contributed by atoms with van der Waals surface area (Å²) in [5.41, 5.74) is 3.83. The molecule has 0 bridgehead atoms. The number of nitrogens with zero attached hydrogens (tertiary/aromatic N) is 4. The minimum absolute atomic E-state index is 0.829. The van der Waals surface area contributed by atoms with Gasteiger partial charge in [0, 0.05) is 7.05 Å². The number of H-pyrrole nitrogens is 1. The Hall–Kier alpha value is -2.47. The van der Waals surface area contributed by atoms with Crippen molar-refractivity contribution in [3.05, 3.63) is 47.3 Å². The molecule has 2 aromatic carbocycles. The summed E-state index contributed by atoms with van der Waals surface area (Å²) in [5, 5.41) is 10.6. The van der Waals surface area contributed by atoms with Crippen LogP contribution in [-0.2, 0) is 7.05 Å². The van der Waals surface area contributed by atoms with E-state index in [9.17, 15) is 0 Å². The summed E-state index contributed by atoms with van der Waals surface area (Å²) in [7, 11) is 2.03. The van der Waals surface area contributed by atoms with Gasteiger partial charge in [0.15, 0.2) is 4.80 Å². The monoisotopic (exact) mass is 281 g/mol. The molecule has 0 unspecified atom stereocenters. The number of aryl methyl sites for hydroxylation is 1. The molecule has 0 radical (unpaired) electrons. The molecule has 4 rings (SSSR count). The summed E-state index contributed by atoms with van der Waals surface area (Å²) in [6, 6.07) is 14.1. The van der Waals surface area contributed by atoms with Crippen molar-refractivity contribution in [1.82, 2.24) is 20.0 Å². The van der Waals surface area contributed by atoms with Gasteiger partial charge in [-0.3, -0.25) is 5.10 Å². The molecule has 0 saturated heterocycles. The van der Waals surface area contributed by atoms with Crippen molar-refractivity contribution in [2.75, 3.05) is 0 Å². The molecule has 0 atom stereocenters. The predicted molar refractivity (Wildman–Crippen MR) is 79.9 cm³/mol. The quantitative estimate of drug-likeness (QED) is 0.583. The lowest BCUT2D eigenvalue weighted by Crippen LogP contribution is -2.08. The number of hydrogen-bond donors (Lipinski definition) is 1. The lowest BCUT2D eigenvalue weighted by Gasteiger charge is -1.95. The molecular formula is C14H11N5S. The Bertz CT molecular complexity index is 976. The van der Waals surface area contributed by atoms with Crippen molar-refractivity contribution in [1.29, 1.82) is 0 Å². The Morgan fingerprint density at radius 1 is 1.20 bits per heavy atom. The maximum atomic E-state index is 4.71. The summed E-state index contributed by atoms with van der Waals surface area (Å²) in [4.78, 5) is 5.67. The van der Waals surface area contributed by atoms with Gasteiger partial charge in [-0.25, -0.2) is 4.99 Å². The Morgan fingerprint density at radius 3 is 3.00 bits per heavy atom. The molecule has 98 valence electrons. The molecule has 2 aromatic heterocycles. The van der Waals surface area contributed by atoms with Crippen molar-refractivity contribution in [2.45, 2.75) is 0 Å². The predicted octanol–water partition coefficient (Wildman–Crippen LogP) is 2.74. The topological polar surface area (TPSA) is 58.9 Å². The van der Waals surface area contributed by atoms with E-state index in [-0.39, 0.29) is 0 Å². The van der Waals surface area contributed by atoms with Gasteiger partial charge in [0.25, 0.3) is 0 Å². The lowest BCUT2D eigenvalue weighted by molar-refractivity contribution is 0.912. The van der Waals surface area contributed by atoms with E-state index in [1.807, 2.05) is 37.4 Å². The van der Waals surface area contributed by atoms with E-state index in [0.29, 0.717) is 0 Å². The molecule has 2 heterocycles. The van der Waals surface area contributed by atoms with Gasteiger partial charge >= 0.3 is 0 Å². The molecule has 0 spiro atoms. The van der Waals surface area contributed by atoms with Crippen molar-refractivity contribution in [3.63, 3.8) is 0 Å². The lowest BCUT2D eigenvalue weighted by atomic mass is 10.3. The summed E-state index contributed by atoms with van der Waals surface area (Å²) < 4.78 is 3.34. The fourth-order valence-corrected chi connectivity index (χ4v) is 3.24. The van der Waals surface area contributed by atoms with Crippen LogP contribution in [0.5, 0.6) is 0 Å². The van der Waals surface area contributed by atoms with E-state index in [4.69, 9.17) is 4.99 Å². The highest BCUT2D eigenvalue weighted by atomic mass is 32.1. The first-order valence-electron chi connectivity index (χ1n) is 6.21. The van der Waals surface area contributed by atoms with Crippen LogP contribution in [0.3, 0.4) is 0 Å². The van der Waals surface area contributed by atoms with E-state index in [1.165, 1.54) is 10.2 Å². The smallest absolute Gasteiger partial charge is 0.190 e. The molecule has 0 aliphatic rings. The normalized spacial score (nSPS) is 12.6. The molecule has 0 fully saturated rings. The Balaban J connectivity index is 1.94. The number of fused-ring (bicyclic) bond motifs is 2. The first-order chi connectivity index (χ1) is 9.81. The molecule has 4 aromatic rings. The molecule has 0 aliphatic heterocycles. The van der Waals surface area contributed by atoms with Crippen LogP contribution in [0.4, 0.5) is 5.69 Å².